The molecule has 0 bridgehead atoms. The van der Waals surface area contributed by atoms with Crippen LogP contribution in [-0.4, -0.2) is 60.3 Å². The second-order valence-corrected chi connectivity index (χ2v) is 6.61. The number of allylic oxidation sites excluding steroid dienone is 2. The fraction of sp³-hybridized carbons (Fsp3) is 0.381. The van der Waals surface area contributed by atoms with Gasteiger partial charge in [0.05, 0.1) is 0 Å². The fourth-order valence-corrected chi connectivity index (χ4v) is 3.24. The van der Waals surface area contributed by atoms with Crippen LogP contribution in [0, 0.1) is 0 Å². The number of ketones is 1. The lowest BCUT2D eigenvalue weighted by Gasteiger charge is -2.30. The summed E-state index contributed by atoms with van der Waals surface area (Å²) in [6.07, 6.45) is 2.32. The van der Waals surface area contributed by atoms with E-state index < -0.39 is 36.0 Å². The van der Waals surface area contributed by atoms with Gasteiger partial charge in [-0.15, -0.1) is 0 Å². The molecule has 0 aliphatic carbocycles. The van der Waals surface area contributed by atoms with Crippen LogP contribution < -0.4 is 0 Å². The average molecular weight is 401 g/mol. The van der Waals surface area contributed by atoms with Gasteiger partial charge in [-0.25, -0.2) is 9.69 Å². The smallest absolute Gasteiger partial charge is 0.417 e. The number of imide groups is 1. The average Bonchev–Trinajstić information content (AvgIpc) is 3.12. The van der Waals surface area contributed by atoms with E-state index in [-0.39, 0.29) is 13.2 Å². The van der Waals surface area contributed by atoms with Gasteiger partial charge >= 0.3 is 6.09 Å². The molecule has 1 saturated heterocycles. The number of cyclic esters (lactones) is 1. The van der Waals surface area contributed by atoms with Crippen LogP contribution in [-0.2, 0) is 23.8 Å². The number of hydrogen-bond donors (Lipinski definition) is 1. The van der Waals surface area contributed by atoms with Crippen LogP contribution in [0.25, 0.3) is 0 Å². The third-order valence-electron chi connectivity index (χ3n) is 4.73. The SMILES string of the molecule is CO[C@@H](C(=O)N1C(=O)OC[C@H]1c1ccccc1)[C@@H]1OC(=CCCCO)C=CC1=O. The highest BCUT2D eigenvalue weighted by atomic mass is 16.6. The Morgan fingerprint density at radius 2 is 2.07 bits per heavy atom. The number of amides is 2. The molecule has 3 rings (SSSR count). The minimum absolute atomic E-state index is 0.0245. The van der Waals surface area contributed by atoms with Crippen molar-refractivity contribution in [3.05, 3.63) is 59.9 Å². The normalized spacial score (nSPS) is 23.8. The summed E-state index contributed by atoms with van der Waals surface area (Å²) in [7, 11) is 1.28. The van der Waals surface area contributed by atoms with Gasteiger partial charge in [-0.05, 0) is 36.6 Å². The van der Waals surface area contributed by atoms with Crippen molar-refractivity contribution < 1.29 is 33.7 Å². The van der Waals surface area contributed by atoms with Crippen LogP contribution in [0.5, 0.6) is 0 Å². The molecule has 0 unspecified atom stereocenters. The number of aliphatic hydroxyl groups is 1. The van der Waals surface area contributed by atoms with Crippen molar-refractivity contribution in [2.24, 2.45) is 0 Å². The highest BCUT2D eigenvalue weighted by Crippen LogP contribution is 2.30. The van der Waals surface area contributed by atoms with Gasteiger partial charge < -0.3 is 19.3 Å². The first-order valence-electron chi connectivity index (χ1n) is 9.34. The maximum absolute atomic E-state index is 13.2. The maximum atomic E-state index is 13.2. The van der Waals surface area contributed by atoms with Gasteiger partial charge in [0.25, 0.3) is 5.91 Å². The third-order valence-corrected chi connectivity index (χ3v) is 4.73. The first-order valence-corrected chi connectivity index (χ1v) is 9.34. The van der Waals surface area contributed by atoms with Crippen molar-refractivity contribution in [3.63, 3.8) is 0 Å². The molecule has 8 heteroatoms. The first-order chi connectivity index (χ1) is 14.1. The molecule has 1 fully saturated rings. The second kappa shape index (κ2) is 9.49. The number of methoxy groups -OCH3 is 1. The van der Waals surface area contributed by atoms with Crippen molar-refractivity contribution in [2.75, 3.05) is 20.3 Å². The summed E-state index contributed by atoms with van der Waals surface area (Å²) >= 11 is 0. The van der Waals surface area contributed by atoms with E-state index in [2.05, 4.69) is 0 Å². The molecular weight excluding hydrogens is 378 g/mol. The zero-order valence-corrected chi connectivity index (χ0v) is 16.0. The Hall–Kier alpha value is -2.97. The first kappa shape index (κ1) is 20.8. The Morgan fingerprint density at radius 3 is 2.76 bits per heavy atom. The van der Waals surface area contributed by atoms with Crippen molar-refractivity contribution >= 4 is 17.8 Å². The zero-order valence-electron chi connectivity index (χ0n) is 16.0. The summed E-state index contributed by atoms with van der Waals surface area (Å²) in [5.41, 5.74) is 0.738. The highest BCUT2D eigenvalue weighted by molar-refractivity contribution is 6.03. The van der Waals surface area contributed by atoms with E-state index in [1.54, 1.807) is 30.3 Å². The maximum Gasteiger partial charge on any atom is 0.417 e. The van der Waals surface area contributed by atoms with Crippen LogP contribution in [0.1, 0.15) is 24.4 Å². The van der Waals surface area contributed by atoms with E-state index in [1.165, 1.54) is 19.3 Å². The van der Waals surface area contributed by atoms with E-state index in [9.17, 15) is 14.4 Å². The number of carbonyl (C=O) groups is 3. The van der Waals surface area contributed by atoms with Crippen LogP contribution in [0.15, 0.2) is 54.3 Å². The third kappa shape index (κ3) is 4.55. The van der Waals surface area contributed by atoms with Gasteiger partial charge in [-0.3, -0.25) is 9.59 Å². The number of unbranched alkanes of at least 4 members (excludes halogenated alkanes) is 1. The summed E-state index contributed by atoms with van der Waals surface area (Å²) in [5.74, 6) is -0.734. The molecular formula is C21H23NO7. The Morgan fingerprint density at radius 1 is 1.31 bits per heavy atom. The van der Waals surface area contributed by atoms with Crippen molar-refractivity contribution in [3.8, 4) is 0 Å². The molecule has 3 atom stereocenters. The lowest BCUT2D eigenvalue weighted by molar-refractivity contribution is -0.153. The van der Waals surface area contributed by atoms with Crippen LogP contribution in [0.4, 0.5) is 4.79 Å². The lowest BCUT2D eigenvalue weighted by atomic mass is 10.0. The van der Waals surface area contributed by atoms with Crippen LogP contribution in [0.3, 0.4) is 0 Å². The number of carbonyl (C=O) groups excluding carboxylic acids is 3. The molecule has 1 aromatic rings. The van der Waals surface area contributed by atoms with Gasteiger partial charge in [-0.1, -0.05) is 30.3 Å². The molecule has 2 amide bonds. The Kier molecular flexibility index (Phi) is 6.79. The molecule has 0 radical (unpaired) electrons. The number of benzene rings is 1. The van der Waals surface area contributed by atoms with Crippen LogP contribution in [0.2, 0.25) is 0 Å². The zero-order chi connectivity index (χ0) is 20.8. The molecule has 0 aromatic heterocycles. The predicted octanol–water partition coefficient (Wildman–Crippen LogP) is 1.90. The van der Waals surface area contributed by atoms with Crippen molar-refractivity contribution in [1.82, 2.24) is 4.90 Å². The van der Waals surface area contributed by atoms with E-state index in [0.717, 1.165) is 10.5 Å². The summed E-state index contributed by atoms with van der Waals surface area (Å²) in [6.45, 7) is 0.0592. The van der Waals surface area contributed by atoms with Gasteiger partial charge in [0.1, 0.15) is 18.4 Å². The quantitative estimate of drug-likeness (QED) is 0.696. The fourth-order valence-electron chi connectivity index (χ4n) is 3.24. The Balaban J connectivity index is 1.82. The monoisotopic (exact) mass is 401 g/mol. The molecule has 29 heavy (non-hydrogen) atoms. The molecule has 2 aliphatic heterocycles. The van der Waals surface area contributed by atoms with Gasteiger partial charge in [0.15, 0.2) is 18.0 Å². The minimum Gasteiger partial charge on any atom is -0.479 e. The summed E-state index contributed by atoms with van der Waals surface area (Å²) in [4.78, 5) is 38.8. The Bertz CT molecular complexity index is 818. The predicted molar refractivity (Wildman–Crippen MR) is 102 cm³/mol. The van der Waals surface area contributed by atoms with Gasteiger partial charge in [0, 0.05) is 13.7 Å². The molecule has 1 N–H and O–H groups in total. The molecule has 8 nitrogen and oxygen atoms in total. The number of rotatable bonds is 7. The van der Waals surface area contributed by atoms with Crippen molar-refractivity contribution in [1.29, 1.82) is 0 Å². The summed E-state index contributed by atoms with van der Waals surface area (Å²) in [5, 5.41) is 8.90. The van der Waals surface area contributed by atoms with E-state index >= 15 is 0 Å². The number of hydrogen-bond acceptors (Lipinski definition) is 7. The topological polar surface area (TPSA) is 102 Å². The van der Waals surface area contributed by atoms with Gasteiger partial charge in [0.2, 0.25) is 0 Å². The van der Waals surface area contributed by atoms with E-state index in [1.807, 2.05) is 6.07 Å². The molecule has 2 heterocycles. The largest absolute Gasteiger partial charge is 0.479 e. The molecule has 2 aliphatic rings. The van der Waals surface area contributed by atoms with Crippen molar-refractivity contribution in [2.45, 2.75) is 31.1 Å². The van der Waals surface area contributed by atoms with E-state index in [0.29, 0.717) is 18.6 Å². The van der Waals surface area contributed by atoms with Gasteiger partial charge in [-0.2, -0.15) is 0 Å². The highest BCUT2D eigenvalue weighted by Gasteiger charge is 2.46. The molecule has 0 spiro atoms. The lowest BCUT2D eigenvalue weighted by Crippen LogP contribution is -2.51. The molecule has 1 aromatic carbocycles. The summed E-state index contributed by atoms with van der Waals surface area (Å²) < 4.78 is 16.1. The van der Waals surface area contributed by atoms with E-state index in [4.69, 9.17) is 19.3 Å². The van der Waals surface area contributed by atoms with Crippen LogP contribution >= 0.6 is 0 Å². The Labute approximate surface area is 168 Å². The molecule has 0 saturated carbocycles. The second-order valence-electron chi connectivity index (χ2n) is 6.61. The number of ether oxygens (including phenoxy) is 3. The minimum atomic E-state index is -1.31. The summed E-state index contributed by atoms with van der Waals surface area (Å²) in [6, 6.07) is 8.41. The molecule has 154 valence electrons. The standard InChI is InChI=1S/C21H23NO7/c1-27-19(18-17(24)11-10-15(29-18)9-5-6-12-23)20(25)22-16(13-28-21(22)26)14-7-3-2-4-8-14/h2-4,7-11,16,18-19,23H,5-6,12-13H2,1H3/t16-,18+,19+/m0/s1. The number of nitrogens with zero attached hydrogens (tertiary/aromatic N) is 1. The number of aliphatic hydroxyl groups excluding tert-OH is 1.